The fourth-order valence-corrected chi connectivity index (χ4v) is 3.28. The summed E-state index contributed by atoms with van der Waals surface area (Å²) in [6.07, 6.45) is 3.30. The SMILES string of the molecule is O=C(C1N=COC1c1ccc2ccccc2c1)N1CCCC1. The molecule has 0 aliphatic carbocycles. The molecule has 4 heteroatoms. The molecular weight excluding hydrogens is 276 g/mol. The molecule has 4 rings (SSSR count). The van der Waals surface area contributed by atoms with E-state index >= 15 is 0 Å². The van der Waals surface area contributed by atoms with E-state index in [1.807, 2.05) is 23.1 Å². The minimum absolute atomic E-state index is 0.0874. The first kappa shape index (κ1) is 13.3. The molecule has 0 radical (unpaired) electrons. The monoisotopic (exact) mass is 294 g/mol. The normalized spacial score (nSPS) is 23.9. The van der Waals surface area contributed by atoms with E-state index in [9.17, 15) is 4.79 Å². The van der Waals surface area contributed by atoms with Gasteiger partial charge in [0.25, 0.3) is 5.91 Å². The molecule has 2 atom stereocenters. The van der Waals surface area contributed by atoms with Crippen LogP contribution in [0.4, 0.5) is 0 Å². The van der Waals surface area contributed by atoms with E-state index in [1.165, 1.54) is 11.8 Å². The van der Waals surface area contributed by atoms with Crippen LogP contribution in [-0.4, -0.2) is 36.3 Å². The predicted octanol–water partition coefficient (Wildman–Crippen LogP) is 2.93. The summed E-state index contributed by atoms with van der Waals surface area (Å²) in [5.74, 6) is 0.0874. The van der Waals surface area contributed by atoms with Crippen LogP contribution < -0.4 is 0 Å². The molecule has 0 N–H and O–H groups in total. The van der Waals surface area contributed by atoms with Crippen LogP contribution in [0.5, 0.6) is 0 Å². The minimum atomic E-state index is -0.445. The van der Waals surface area contributed by atoms with Gasteiger partial charge >= 0.3 is 0 Å². The molecule has 112 valence electrons. The first-order valence-electron chi connectivity index (χ1n) is 7.77. The lowest BCUT2D eigenvalue weighted by Crippen LogP contribution is -2.38. The number of hydrogen-bond acceptors (Lipinski definition) is 3. The molecular formula is C18H18N2O2. The van der Waals surface area contributed by atoms with Crippen molar-refractivity contribution < 1.29 is 9.53 Å². The Morgan fingerprint density at radius 2 is 1.86 bits per heavy atom. The van der Waals surface area contributed by atoms with Crippen LogP contribution >= 0.6 is 0 Å². The van der Waals surface area contributed by atoms with Crippen molar-refractivity contribution in [3.8, 4) is 0 Å². The Bertz CT molecular complexity index is 735. The third kappa shape index (κ3) is 2.25. The third-order valence-electron chi connectivity index (χ3n) is 4.49. The van der Waals surface area contributed by atoms with Gasteiger partial charge in [-0.25, -0.2) is 4.99 Å². The summed E-state index contributed by atoms with van der Waals surface area (Å²) in [4.78, 5) is 18.8. The summed E-state index contributed by atoms with van der Waals surface area (Å²) >= 11 is 0. The van der Waals surface area contributed by atoms with Gasteiger partial charge < -0.3 is 9.64 Å². The third-order valence-corrected chi connectivity index (χ3v) is 4.49. The van der Waals surface area contributed by atoms with Crippen molar-refractivity contribution >= 4 is 23.1 Å². The van der Waals surface area contributed by atoms with E-state index in [4.69, 9.17) is 4.74 Å². The highest BCUT2D eigenvalue weighted by atomic mass is 16.5. The van der Waals surface area contributed by atoms with Crippen LogP contribution in [0.25, 0.3) is 10.8 Å². The second-order valence-corrected chi connectivity index (χ2v) is 5.89. The number of rotatable bonds is 2. The van der Waals surface area contributed by atoms with Gasteiger partial charge in [0.15, 0.2) is 18.5 Å². The van der Waals surface area contributed by atoms with Gasteiger partial charge in [0.2, 0.25) is 0 Å². The maximum absolute atomic E-state index is 12.6. The zero-order chi connectivity index (χ0) is 14.9. The van der Waals surface area contributed by atoms with Crippen LogP contribution in [0.15, 0.2) is 47.5 Å². The number of aliphatic imine (C=N–C) groups is 1. The van der Waals surface area contributed by atoms with Gasteiger partial charge in [-0.3, -0.25) is 4.79 Å². The number of likely N-dealkylation sites (tertiary alicyclic amines) is 1. The van der Waals surface area contributed by atoms with Gasteiger partial charge in [-0.05, 0) is 35.2 Å². The van der Waals surface area contributed by atoms with Crippen molar-refractivity contribution in [3.05, 3.63) is 48.0 Å². The summed E-state index contributed by atoms with van der Waals surface area (Å²) < 4.78 is 5.64. The van der Waals surface area contributed by atoms with Gasteiger partial charge in [-0.2, -0.15) is 0 Å². The smallest absolute Gasteiger partial charge is 0.251 e. The molecule has 2 aromatic carbocycles. The number of hydrogen-bond donors (Lipinski definition) is 0. The van der Waals surface area contributed by atoms with Crippen molar-refractivity contribution in [2.24, 2.45) is 4.99 Å². The quantitative estimate of drug-likeness (QED) is 0.854. The molecule has 1 fully saturated rings. The lowest BCUT2D eigenvalue weighted by Gasteiger charge is -2.22. The summed E-state index contributed by atoms with van der Waals surface area (Å²) in [5, 5.41) is 2.34. The van der Waals surface area contributed by atoms with Crippen molar-refractivity contribution in [3.63, 3.8) is 0 Å². The number of amides is 1. The number of carbonyl (C=O) groups excluding carboxylic acids is 1. The summed E-state index contributed by atoms with van der Waals surface area (Å²) in [6.45, 7) is 1.69. The Labute approximate surface area is 129 Å². The molecule has 1 amide bonds. The van der Waals surface area contributed by atoms with E-state index in [0.29, 0.717) is 0 Å². The first-order valence-corrected chi connectivity index (χ1v) is 7.77. The molecule has 0 bridgehead atoms. The predicted molar refractivity (Wildman–Crippen MR) is 85.9 cm³/mol. The number of nitrogens with zero attached hydrogens (tertiary/aromatic N) is 2. The Hall–Kier alpha value is -2.36. The molecule has 2 aliphatic heterocycles. The largest absolute Gasteiger partial charge is 0.473 e. The van der Waals surface area contributed by atoms with Crippen molar-refractivity contribution in [1.82, 2.24) is 4.90 Å². The van der Waals surface area contributed by atoms with Crippen LogP contribution in [0, 0.1) is 0 Å². The molecule has 1 saturated heterocycles. The van der Waals surface area contributed by atoms with E-state index in [0.717, 1.165) is 36.9 Å². The molecule has 2 aliphatic rings. The molecule has 0 spiro atoms. The van der Waals surface area contributed by atoms with Gasteiger partial charge in [-0.1, -0.05) is 36.4 Å². The average Bonchev–Trinajstić information content (AvgIpc) is 3.25. The molecule has 22 heavy (non-hydrogen) atoms. The van der Waals surface area contributed by atoms with Crippen molar-refractivity contribution in [2.45, 2.75) is 25.0 Å². The van der Waals surface area contributed by atoms with E-state index in [-0.39, 0.29) is 12.0 Å². The summed E-state index contributed by atoms with van der Waals surface area (Å²) in [6, 6.07) is 14.0. The fourth-order valence-electron chi connectivity index (χ4n) is 3.28. The van der Waals surface area contributed by atoms with Crippen LogP contribution in [0.2, 0.25) is 0 Å². The minimum Gasteiger partial charge on any atom is -0.473 e. The fraction of sp³-hybridized carbons (Fsp3) is 0.333. The Morgan fingerprint density at radius 1 is 1.09 bits per heavy atom. The summed E-state index contributed by atoms with van der Waals surface area (Å²) in [7, 11) is 0. The van der Waals surface area contributed by atoms with Gasteiger partial charge in [0, 0.05) is 13.1 Å². The van der Waals surface area contributed by atoms with Crippen LogP contribution in [0.1, 0.15) is 24.5 Å². The first-order chi connectivity index (χ1) is 10.8. The van der Waals surface area contributed by atoms with Gasteiger partial charge in [0.05, 0.1) is 0 Å². The van der Waals surface area contributed by atoms with Crippen molar-refractivity contribution in [1.29, 1.82) is 0 Å². The second kappa shape index (κ2) is 5.44. The molecule has 0 aromatic heterocycles. The maximum Gasteiger partial charge on any atom is 0.251 e. The molecule has 2 aromatic rings. The molecule has 4 nitrogen and oxygen atoms in total. The molecule has 2 unspecified atom stereocenters. The van der Waals surface area contributed by atoms with E-state index in [1.54, 1.807) is 0 Å². The lowest BCUT2D eigenvalue weighted by molar-refractivity contribution is -0.133. The highest BCUT2D eigenvalue weighted by Gasteiger charge is 2.37. The van der Waals surface area contributed by atoms with Gasteiger partial charge in [-0.15, -0.1) is 0 Å². The maximum atomic E-state index is 12.6. The zero-order valence-electron chi connectivity index (χ0n) is 12.3. The Morgan fingerprint density at radius 3 is 2.68 bits per heavy atom. The Balaban J connectivity index is 1.63. The average molecular weight is 294 g/mol. The standard InChI is InChI=1S/C18H18N2O2/c21-18(20-9-3-4-10-20)16-17(22-12-19-16)15-8-7-13-5-1-2-6-14(13)11-15/h1-2,5-8,11-12,16-17H,3-4,9-10H2. The summed E-state index contributed by atoms with van der Waals surface area (Å²) in [5.41, 5.74) is 1.01. The van der Waals surface area contributed by atoms with Crippen LogP contribution in [-0.2, 0) is 9.53 Å². The molecule has 0 saturated carbocycles. The highest BCUT2D eigenvalue weighted by Crippen LogP contribution is 2.31. The number of benzene rings is 2. The number of fused-ring (bicyclic) bond motifs is 1. The zero-order valence-corrected chi connectivity index (χ0v) is 12.3. The Kier molecular flexibility index (Phi) is 3.29. The van der Waals surface area contributed by atoms with Gasteiger partial charge in [0.1, 0.15) is 0 Å². The molecule has 2 heterocycles. The topological polar surface area (TPSA) is 41.9 Å². The lowest BCUT2D eigenvalue weighted by atomic mass is 9.98. The van der Waals surface area contributed by atoms with Crippen LogP contribution in [0.3, 0.4) is 0 Å². The second-order valence-electron chi connectivity index (χ2n) is 5.89. The number of ether oxygens (including phenoxy) is 1. The van der Waals surface area contributed by atoms with E-state index < -0.39 is 6.04 Å². The number of carbonyl (C=O) groups is 1. The van der Waals surface area contributed by atoms with Crippen molar-refractivity contribution in [2.75, 3.05) is 13.1 Å². The van der Waals surface area contributed by atoms with E-state index in [2.05, 4.69) is 29.3 Å². The highest BCUT2D eigenvalue weighted by molar-refractivity contribution is 5.87.